The van der Waals surface area contributed by atoms with E-state index in [1.54, 1.807) is 7.11 Å². The Balaban J connectivity index is 1.70. The number of hydrogen-bond donors (Lipinski definition) is 2. The Hall–Kier alpha value is -1.14. The number of aliphatic carboxylic acids is 1. The Bertz CT molecular complexity index is 400. The van der Waals surface area contributed by atoms with Crippen LogP contribution in [0.5, 0.6) is 0 Å². The first-order chi connectivity index (χ1) is 9.11. The Kier molecular flexibility index (Phi) is 3.22. The van der Waals surface area contributed by atoms with Gasteiger partial charge in [0, 0.05) is 25.7 Å². The molecule has 0 aromatic rings. The third kappa shape index (κ3) is 2.03. The van der Waals surface area contributed by atoms with Gasteiger partial charge in [-0.15, -0.1) is 0 Å². The normalized spacial score (nSPS) is 40.9. The Morgan fingerprint density at radius 2 is 2.11 bits per heavy atom. The lowest BCUT2D eigenvalue weighted by Crippen LogP contribution is -2.46. The van der Waals surface area contributed by atoms with E-state index >= 15 is 0 Å². The summed E-state index contributed by atoms with van der Waals surface area (Å²) in [5.41, 5.74) is 0. The van der Waals surface area contributed by atoms with Crippen LogP contribution in [0.4, 0.5) is 0 Å². The van der Waals surface area contributed by atoms with Crippen LogP contribution in [-0.4, -0.2) is 59.8 Å². The predicted octanol–water partition coefficient (Wildman–Crippen LogP) is -0.173. The molecule has 6 heteroatoms. The quantitative estimate of drug-likeness (QED) is 0.743. The molecule has 106 valence electrons. The number of carbonyl (C=O) groups excluding carboxylic acids is 1. The van der Waals surface area contributed by atoms with Gasteiger partial charge in [0.25, 0.3) is 0 Å². The summed E-state index contributed by atoms with van der Waals surface area (Å²) < 4.78 is 5.26. The number of amides is 1. The van der Waals surface area contributed by atoms with E-state index in [2.05, 4.69) is 5.32 Å². The Labute approximate surface area is 112 Å². The lowest BCUT2D eigenvalue weighted by molar-refractivity contribution is -0.143. The molecule has 0 saturated carbocycles. The molecule has 3 saturated heterocycles. The van der Waals surface area contributed by atoms with Crippen LogP contribution in [0.2, 0.25) is 0 Å². The average molecular weight is 268 g/mol. The van der Waals surface area contributed by atoms with E-state index in [0.29, 0.717) is 19.4 Å². The molecule has 3 rings (SSSR count). The lowest BCUT2D eigenvalue weighted by atomic mass is 9.89. The van der Waals surface area contributed by atoms with Gasteiger partial charge in [-0.1, -0.05) is 0 Å². The molecule has 5 atom stereocenters. The van der Waals surface area contributed by atoms with Gasteiger partial charge in [0.2, 0.25) is 5.91 Å². The van der Waals surface area contributed by atoms with E-state index in [4.69, 9.17) is 4.74 Å². The maximum absolute atomic E-state index is 12.6. The Morgan fingerprint density at radius 3 is 2.68 bits per heavy atom. The molecule has 2 N–H and O–H groups in total. The Morgan fingerprint density at radius 1 is 1.32 bits per heavy atom. The van der Waals surface area contributed by atoms with Crippen molar-refractivity contribution in [1.82, 2.24) is 10.2 Å². The van der Waals surface area contributed by atoms with Crippen molar-refractivity contribution in [2.75, 3.05) is 13.7 Å². The lowest BCUT2D eigenvalue weighted by Gasteiger charge is -2.26. The highest BCUT2D eigenvalue weighted by molar-refractivity contribution is 5.85. The number of fused-ring (bicyclic) bond motifs is 2. The van der Waals surface area contributed by atoms with Gasteiger partial charge in [-0.3, -0.25) is 9.59 Å². The summed E-state index contributed by atoms with van der Waals surface area (Å²) in [4.78, 5) is 25.6. The number of nitrogens with zero attached hydrogens (tertiary/aromatic N) is 1. The fraction of sp³-hybridized carbons (Fsp3) is 0.846. The molecule has 0 aromatic heterocycles. The van der Waals surface area contributed by atoms with Crippen molar-refractivity contribution in [2.45, 2.75) is 49.9 Å². The van der Waals surface area contributed by atoms with Crippen LogP contribution in [-0.2, 0) is 14.3 Å². The molecule has 0 aromatic carbocycles. The molecule has 3 fully saturated rings. The molecular weight excluding hydrogens is 248 g/mol. The topological polar surface area (TPSA) is 78.9 Å². The van der Waals surface area contributed by atoms with Crippen LogP contribution >= 0.6 is 0 Å². The number of carboxylic acids is 1. The van der Waals surface area contributed by atoms with Crippen molar-refractivity contribution in [3.8, 4) is 0 Å². The molecule has 6 nitrogen and oxygen atoms in total. The summed E-state index contributed by atoms with van der Waals surface area (Å²) >= 11 is 0. The minimum absolute atomic E-state index is 0.0656. The number of carbonyl (C=O) groups is 2. The van der Waals surface area contributed by atoms with Crippen molar-refractivity contribution < 1.29 is 19.4 Å². The first kappa shape index (κ1) is 12.9. The number of methoxy groups -OCH3 is 1. The van der Waals surface area contributed by atoms with Crippen molar-refractivity contribution in [2.24, 2.45) is 5.92 Å². The highest BCUT2D eigenvalue weighted by Gasteiger charge is 2.52. The molecule has 3 aliphatic rings. The molecule has 5 unspecified atom stereocenters. The van der Waals surface area contributed by atoms with Gasteiger partial charge in [0.15, 0.2) is 0 Å². The third-order valence-electron chi connectivity index (χ3n) is 4.83. The van der Waals surface area contributed by atoms with E-state index in [1.807, 2.05) is 4.90 Å². The summed E-state index contributed by atoms with van der Waals surface area (Å²) in [6.07, 6.45) is 3.16. The highest BCUT2D eigenvalue weighted by Crippen LogP contribution is 2.42. The zero-order valence-corrected chi connectivity index (χ0v) is 11.0. The number of rotatable bonds is 3. The van der Waals surface area contributed by atoms with Gasteiger partial charge in [0.1, 0.15) is 0 Å². The van der Waals surface area contributed by atoms with Crippen LogP contribution in [0.1, 0.15) is 25.7 Å². The largest absolute Gasteiger partial charge is 0.481 e. The van der Waals surface area contributed by atoms with Crippen molar-refractivity contribution in [3.63, 3.8) is 0 Å². The van der Waals surface area contributed by atoms with E-state index in [-0.39, 0.29) is 36.1 Å². The maximum atomic E-state index is 12.6. The van der Waals surface area contributed by atoms with Crippen LogP contribution in [0.3, 0.4) is 0 Å². The third-order valence-corrected chi connectivity index (χ3v) is 4.83. The number of carboxylic acid groups (broad SMARTS) is 1. The summed E-state index contributed by atoms with van der Waals surface area (Å²) in [6.45, 7) is 0.693. The van der Waals surface area contributed by atoms with Crippen LogP contribution in [0.25, 0.3) is 0 Å². The SMILES string of the molecule is COC1CNC(C(=O)N2C3CCC2C(C(=O)O)C3)C1. The van der Waals surface area contributed by atoms with Crippen molar-refractivity contribution in [3.05, 3.63) is 0 Å². The van der Waals surface area contributed by atoms with Gasteiger partial charge in [-0.05, 0) is 25.7 Å². The fourth-order valence-corrected chi connectivity index (χ4v) is 3.85. The molecule has 0 aliphatic carbocycles. The monoisotopic (exact) mass is 268 g/mol. The van der Waals surface area contributed by atoms with Gasteiger partial charge < -0.3 is 20.1 Å². The van der Waals surface area contributed by atoms with Crippen LogP contribution < -0.4 is 5.32 Å². The number of ether oxygens (including phenoxy) is 1. The minimum atomic E-state index is -0.765. The van der Waals surface area contributed by atoms with Gasteiger partial charge in [0.05, 0.1) is 18.1 Å². The molecule has 0 spiro atoms. The summed E-state index contributed by atoms with van der Waals surface area (Å²) in [6, 6.07) is -0.180. The summed E-state index contributed by atoms with van der Waals surface area (Å²) in [7, 11) is 1.65. The molecule has 3 heterocycles. The minimum Gasteiger partial charge on any atom is -0.481 e. The molecule has 0 radical (unpaired) electrons. The zero-order valence-electron chi connectivity index (χ0n) is 11.0. The van der Waals surface area contributed by atoms with Gasteiger partial charge >= 0.3 is 5.97 Å². The fourth-order valence-electron chi connectivity index (χ4n) is 3.85. The molecule has 3 aliphatic heterocycles. The first-order valence-electron chi connectivity index (χ1n) is 6.93. The van der Waals surface area contributed by atoms with E-state index < -0.39 is 5.97 Å². The first-order valence-corrected chi connectivity index (χ1v) is 6.93. The smallest absolute Gasteiger partial charge is 0.308 e. The van der Waals surface area contributed by atoms with Crippen molar-refractivity contribution in [1.29, 1.82) is 0 Å². The molecular formula is C13H20N2O4. The van der Waals surface area contributed by atoms with E-state index in [0.717, 1.165) is 12.8 Å². The molecule has 19 heavy (non-hydrogen) atoms. The second-order valence-electron chi connectivity index (χ2n) is 5.78. The zero-order chi connectivity index (χ0) is 13.6. The predicted molar refractivity (Wildman–Crippen MR) is 66.6 cm³/mol. The number of hydrogen-bond acceptors (Lipinski definition) is 4. The van der Waals surface area contributed by atoms with Crippen LogP contribution in [0.15, 0.2) is 0 Å². The number of nitrogens with one attached hydrogen (secondary N) is 1. The average Bonchev–Trinajstić information content (AvgIpc) is 3.11. The molecule has 2 bridgehead atoms. The van der Waals surface area contributed by atoms with Gasteiger partial charge in [-0.2, -0.15) is 0 Å². The highest BCUT2D eigenvalue weighted by atomic mass is 16.5. The summed E-state index contributed by atoms with van der Waals surface area (Å²) in [5.74, 6) is -1.07. The standard InChI is InChI=1S/C13H20N2O4/c1-19-8-5-10(14-6-8)12(16)15-7-2-3-11(15)9(4-7)13(17)18/h7-11,14H,2-6H2,1H3,(H,17,18). The van der Waals surface area contributed by atoms with Crippen LogP contribution in [0, 0.1) is 5.92 Å². The van der Waals surface area contributed by atoms with Crippen molar-refractivity contribution >= 4 is 11.9 Å². The van der Waals surface area contributed by atoms with E-state index in [9.17, 15) is 14.7 Å². The maximum Gasteiger partial charge on any atom is 0.308 e. The van der Waals surface area contributed by atoms with Gasteiger partial charge in [-0.25, -0.2) is 0 Å². The van der Waals surface area contributed by atoms with E-state index in [1.165, 1.54) is 0 Å². The second kappa shape index (κ2) is 4.76. The summed E-state index contributed by atoms with van der Waals surface area (Å²) in [5, 5.41) is 12.4. The molecule has 1 amide bonds. The second-order valence-corrected chi connectivity index (χ2v) is 5.78.